The van der Waals surface area contributed by atoms with E-state index in [0.717, 1.165) is 44.9 Å². The predicted octanol–water partition coefficient (Wildman–Crippen LogP) is 3.24. The molecule has 3 saturated heterocycles. The van der Waals surface area contributed by atoms with Gasteiger partial charge < -0.3 is 24.4 Å². The number of fused-ring (bicyclic) bond motifs is 1. The van der Waals surface area contributed by atoms with Gasteiger partial charge in [0.15, 0.2) is 0 Å². The molecule has 8 heteroatoms. The molecule has 2 unspecified atom stereocenters. The molecular weight excluding hydrogens is 460 g/mol. The molecule has 0 aromatic rings. The maximum atomic E-state index is 14.1. The number of carbonyl (C=O) groups excluding carboxylic acids is 3. The van der Waals surface area contributed by atoms with Crippen LogP contribution in [0.25, 0.3) is 0 Å². The number of esters is 1. The SMILES string of the molecule is C=CCCOC(=O)[C@@H]1[C@@H]2CCC3(O2)C(C(=O)N(CC=C)CCCCC)N(CCCCCCO)C(=O)[C@H]13. The first-order valence-electron chi connectivity index (χ1n) is 13.7. The molecule has 1 N–H and O–H groups in total. The Hall–Kier alpha value is -2.19. The molecule has 2 amide bonds. The molecule has 8 nitrogen and oxygen atoms in total. The van der Waals surface area contributed by atoms with Gasteiger partial charge in [0.25, 0.3) is 0 Å². The van der Waals surface area contributed by atoms with Crippen LogP contribution in [0.5, 0.6) is 0 Å². The van der Waals surface area contributed by atoms with E-state index in [2.05, 4.69) is 20.1 Å². The van der Waals surface area contributed by atoms with E-state index in [1.54, 1.807) is 22.0 Å². The topological polar surface area (TPSA) is 96.4 Å². The Morgan fingerprint density at radius 3 is 2.67 bits per heavy atom. The second kappa shape index (κ2) is 13.4. The van der Waals surface area contributed by atoms with Gasteiger partial charge in [0.1, 0.15) is 11.6 Å². The minimum atomic E-state index is -0.990. The molecule has 3 aliphatic rings. The normalized spacial score (nSPS) is 28.3. The van der Waals surface area contributed by atoms with Crippen LogP contribution in [0.3, 0.4) is 0 Å². The molecule has 36 heavy (non-hydrogen) atoms. The second-order valence-electron chi connectivity index (χ2n) is 10.3. The summed E-state index contributed by atoms with van der Waals surface area (Å²) in [7, 11) is 0. The minimum absolute atomic E-state index is 0.112. The van der Waals surface area contributed by atoms with E-state index in [1.807, 2.05) is 0 Å². The van der Waals surface area contributed by atoms with Crippen LogP contribution in [0.1, 0.15) is 71.1 Å². The highest BCUT2D eigenvalue weighted by Crippen LogP contribution is 2.58. The molecule has 0 radical (unpaired) electrons. The van der Waals surface area contributed by atoms with E-state index in [-0.39, 0.29) is 25.0 Å². The monoisotopic (exact) mass is 504 g/mol. The van der Waals surface area contributed by atoms with Crippen molar-refractivity contribution < 1.29 is 29.0 Å². The zero-order chi connectivity index (χ0) is 26.1. The highest BCUT2D eigenvalue weighted by Gasteiger charge is 2.74. The van der Waals surface area contributed by atoms with Gasteiger partial charge in [-0.2, -0.15) is 0 Å². The van der Waals surface area contributed by atoms with Crippen molar-refractivity contribution in [2.45, 2.75) is 88.9 Å². The summed E-state index contributed by atoms with van der Waals surface area (Å²) in [6.45, 7) is 11.4. The predicted molar refractivity (Wildman–Crippen MR) is 137 cm³/mol. The highest BCUT2D eigenvalue weighted by atomic mass is 16.6. The standard InChI is InChI=1S/C28H44N2O6/c1-4-7-11-17-29(16-6-3)26(33)24-28-15-14-21(36-28)22(27(34)35-20-8-5-2)23(28)25(32)30(24)18-12-9-10-13-19-31/h5-6,21-24,31H,2-4,7-20H2,1H3/t21-,22+,23-,24?,28?/m0/s1. The van der Waals surface area contributed by atoms with Crippen LogP contribution in [0.2, 0.25) is 0 Å². The lowest BCUT2D eigenvalue weighted by Gasteiger charge is -2.36. The number of hydrogen-bond acceptors (Lipinski definition) is 6. The summed E-state index contributed by atoms with van der Waals surface area (Å²) < 4.78 is 12.0. The summed E-state index contributed by atoms with van der Waals surface area (Å²) in [5, 5.41) is 9.08. The quantitative estimate of drug-likeness (QED) is 0.186. The summed E-state index contributed by atoms with van der Waals surface area (Å²) >= 11 is 0. The lowest BCUT2D eigenvalue weighted by atomic mass is 9.70. The molecule has 3 aliphatic heterocycles. The molecule has 0 aromatic heterocycles. The minimum Gasteiger partial charge on any atom is -0.465 e. The Kier molecular flexibility index (Phi) is 10.5. The van der Waals surface area contributed by atoms with Crippen LogP contribution in [0.15, 0.2) is 25.3 Å². The Morgan fingerprint density at radius 1 is 1.19 bits per heavy atom. The van der Waals surface area contributed by atoms with Gasteiger partial charge in [0.05, 0.1) is 24.5 Å². The molecule has 3 fully saturated rings. The Morgan fingerprint density at radius 2 is 1.97 bits per heavy atom. The number of carbonyl (C=O) groups is 3. The molecule has 0 aromatic carbocycles. The molecular formula is C28H44N2O6. The maximum Gasteiger partial charge on any atom is 0.312 e. The fraction of sp³-hybridized carbons (Fsp3) is 0.750. The lowest BCUT2D eigenvalue weighted by Crippen LogP contribution is -2.56. The average molecular weight is 505 g/mol. The van der Waals surface area contributed by atoms with Crippen molar-refractivity contribution >= 4 is 17.8 Å². The molecule has 1 spiro atoms. The van der Waals surface area contributed by atoms with E-state index in [1.165, 1.54) is 0 Å². The van der Waals surface area contributed by atoms with E-state index in [4.69, 9.17) is 14.6 Å². The first kappa shape index (κ1) is 28.4. The molecule has 3 rings (SSSR count). The van der Waals surface area contributed by atoms with Gasteiger partial charge in [-0.3, -0.25) is 14.4 Å². The van der Waals surface area contributed by atoms with Crippen LogP contribution >= 0.6 is 0 Å². The molecule has 202 valence electrons. The Labute approximate surface area is 215 Å². The summed E-state index contributed by atoms with van der Waals surface area (Å²) in [6, 6.07) is -0.745. The van der Waals surface area contributed by atoms with Gasteiger partial charge in [-0.25, -0.2) is 0 Å². The van der Waals surface area contributed by atoms with Crippen LogP contribution in [0.4, 0.5) is 0 Å². The van der Waals surface area contributed by atoms with Crippen molar-refractivity contribution in [3.05, 3.63) is 25.3 Å². The van der Waals surface area contributed by atoms with Crippen molar-refractivity contribution in [3.8, 4) is 0 Å². The first-order chi connectivity index (χ1) is 17.5. The maximum absolute atomic E-state index is 14.1. The smallest absolute Gasteiger partial charge is 0.312 e. The molecule has 3 heterocycles. The number of likely N-dealkylation sites (tertiary alicyclic amines) is 1. The fourth-order valence-corrected chi connectivity index (χ4v) is 6.20. The van der Waals surface area contributed by atoms with Crippen LogP contribution in [-0.4, -0.2) is 83.3 Å². The zero-order valence-electron chi connectivity index (χ0n) is 21.9. The number of aliphatic hydroxyl groups excluding tert-OH is 1. The van der Waals surface area contributed by atoms with Gasteiger partial charge in [0.2, 0.25) is 11.8 Å². The number of ether oxygens (including phenoxy) is 2. The number of unbranched alkanes of at least 4 members (excludes halogenated alkanes) is 5. The van der Waals surface area contributed by atoms with Gasteiger partial charge in [-0.05, 0) is 38.5 Å². The van der Waals surface area contributed by atoms with E-state index < -0.39 is 35.6 Å². The van der Waals surface area contributed by atoms with E-state index >= 15 is 0 Å². The van der Waals surface area contributed by atoms with Gasteiger partial charge in [-0.1, -0.05) is 44.8 Å². The number of amides is 2. The number of nitrogens with zero attached hydrogens (tertiary/aromatic N) is 2. The largest absolute Gasteiger partial charge is 0.465 e. The Bertz CT molecular complexity index is 801. The third kappa shape index (κ3) is 5.70. The third-order valence-corrected chi connectivity index (χ3v) is 7.87. The number of hydrogen-bond donors (Lipinski definition) is 1. The second-order valence-corrected chi connectivity index (χ2v) is 10.3. The Balaban J connectivity index is 1.87. The van der Waals surface area contributed by atoms with Crippen LogP contribution in [-0.2, 0) is 23.9 Å². The lowest BCUT2D eigenvalue weighted by molar-refractivity contribution is -0.155. The van der Waals surface area contributed by atoms with Crippen molar-refractivity contribution in [2.75, 3.05) is 32.8 Å². The summed E-state index contributed by atoms with van der Waals surface area (Å²) in [5.41, 5.74) is -0.990. The van der Waals surface area contributed by atoms with Crippen LogP contribution in [0, 0.1) is 11.8 Å². The van der Waals surface area contributed by atoms with Gasteiger partial charge >= 0.3 is 5.97 Å². The van der Waals surface area contributed by atoms with Gasteiger partial charge in [-0.15, -0.1) is 13.2 Å². The summed E-state index contributed by atoms with van der Waals surface area (Å²) in [5.74, 6) is -2.07. The van der Waals surface area contributed by atoms with Crippen molar-refractivity contribution in [2.24, 2.45) is 11.8 Å². The summed E-state index contributed by atoms with van der Waals surface area (Å²) in [4.78, 5) is 44.5. The number of rotatable bonds is 17. The van der Waals surface area contributed by atoms with E-state index in [9.17, 15) is 14.4 Å². The fourth-order valence-electron chi connectivity index (χ4n) is 6.20. The molecule has 2 bridgehead atoms. The molecule has 5 atom stereocenters. The zero-order valence-corrected chi connectivity index (χ0v) is 21.9. The average Bonchev–Trinajstić information content (AvgIpc) is 3.51. The van der Waals surface area contributed by atoms with Crippen molar-refractivity contribution in [1.82, 2.24) is 9.80 Å². The first-order valence-corrected chi connectivity index (χ1v) is 13.7. The van der Waals surface area contributed by atoms with Gasteiger partial charge in [0, 0.05) is 26.2 Å². The third-order valence-electron chi connectivity index (χ3n) is 7.87. The highest BCUT2D eigenvalue weighted by molar-refractivity contribution is 5.98. The number of aliphatic hydroxyl groups is 1. The summed E-state index contributed by atoms with van der Waals surface area (Å²) in [6.07, 6.45) is 10.9. The van der Waals surface area contributed by atoms with Crippen molar-refractivity contribution in [1.29, 1.82) is 0 Å². The molecule has 0 saturated carbocycles. The van der Waals surface area contributed by atoms with E-state index in [0.29, 0.717) is 38.9 Å². The molecule has 0 aliphatic carbocycles. The van der Waals surface area contributed by atoms with Crippen molar-refractivity contribution in [3.63, 3.8) is 0 Å². The van der Waals surface area contributed by atoms with Crippen LogP contribution < -0.4 is 0 Å².